The maximum atomic E-state index is 12.7. The molecule has 8 nitrogen and oxygen atoms in total. The second-order valence-corrected chi connectivity index (χ2v) is 12.3. The fourth-order valence-electron chi connectivity index (χ4n) is 4.89. The van der Waals surface area contributed by atoms with Crippen LogP contribution in [0.3, 0.4) is 0 Å². The second-order valence-electron chi connectivity index (χ2n) is 12.3. The van der Waals surface area contributed by atoms with Gasteiger partial charge >= 0.3 is 0 Å². The number of carbonyl (C=O) groups excluding carboxylic acids is 1. The van der Waals surface area contributed by atoms with Crippen LogP contribution in [0.5, 0.6) is 0 Å². The summed E-state index contributed by atoms with van der Waals surface area (Å²) in [6, 6.07) is 10.1. The summed E-state index contributed by atoms with van der Waals surface area (Å²) in [5.41, 5.74) is 5.41. The summed E-state index contributed by atoms with van der Waals surface area (Å²) in [7, 11) is 0. The van der Waals surface area contributed by atoms with Gasteiger partial charge in [0.2, 0.25) is 5.91 Å². The molecule has 3 rings (SSSR count). The molecule has 0 spiro atoms. The minimum absolute atomic E-state index is 0.149. The quantitative estimate of drug-likeness (QED) is 0.280. The molecule has 1 saturated heterocycles. The highest BCUT2D eigenvalue weighted by molar-refractivity contribution is 5.85. The average Bonchev–Trinajstić information content (AvgIpc) is 2.89. The lowest BCUT2D eigenvalue weighted by molar-refractivity contribution is -0.231. The Morgan fingerprint density at radius 2 is 1.55 bits per heavy atom. The van der Waals surface area contributed by atoms with Crippen LogP contribution in [0, 0.1) is 26.2 Å². The highest BCUT2D eigenvalue weighted by atomic mass is 16.5. The van der Waals surface area contributed by atoms with Gasteiger partial charge in [0.15, 0.2) is 0 Å². The molecule has 0 bridgehead atoms. The standard InChI is InChI=1S/C32H45NO7/c1-18-12-20(3)24(29-28(38)27(37)26(36)25(16-34)40-29)15-23(18)14-22-9-8-21(13-19(22)2)10-11-31(4,5)30(39)33-32(6,7)17-35/h8-13,15,25-29,34-38H,14,16-17H2,1-7H3,(H,33,39)/b11-10+/t25-,26-,27+,28-,29+/m1/s1. The molecule has 0 radical (unpaired) electrons. The van der Waals surface area contributed by atoms with E-state index in [1.807, 2.05) is 65.0 Å². The van der Waals surface area contributed by atoms with Crippen LogP contribution in [-0.4, -0.2) is 74.6 Å². The molecule has 2 aromatic carbocycles. The molecule has 0 saturated carbocycles. The Balaban J connectivity index is 1.82. The molecule has 5 atom stereocenters. The van der Waals surface area contributed by atoms with E-state index < -0.39 is 48.1 Å². The highest BCUT2D eigenvalue weighted by Gasteiger charge is 2.44. The molecule has 8 heteroatoms. The van der Waals surface area contributed by atoms with E-state index >= 15 is 0 Å². The highest BCUT2D eigenvalue weighted by Crippen LogP contribution is 2.35. The summed E-state index contributed by atoms with van der Waals surface area (Å²) >= 11 is 0. The first kappa shape index (κ1) is 31.9. The van der Waals surface area contributed by atoms with Gasteiger partial charge < -0.3 is 35.6 Å². The molecular formula is C32H45NO7. The number of hydrogen-bond donors (Lipinski definition) is 6. The van der Waals surface area contributed by atoms with Crippen molar-refractivity contribution < 1.29 is 35.1 Å². The summed E-state index contributed by atoms with van der Waals surface area (Å²) in [6.45, 7) is 12.6. The fourth-order valence-corrected chi connectivity index (χ4v) is 4.89. The van der Waals surface area contributed by atoms with Crippen LogP contribution in [0.1, 0.15) is 72.7 Å². The first-order chi connectivity index (χ1) is 18.6. The van der Waals surface area contributed by atoms with Gasteiger partial charge in [-0.25, -0.2) is 0 Å². The Morgan fingerprint density at radius 3 is 2.15 bits per heavy atom. The van der Waals surface area contributed by atoms with Gasteiger partial charge in [0.25, 0.3) is 0 Å². The molecule has 1 aliphatic rings. The number of nitrogens with one attached hydrogen (secondary N) is 1. The Bertz CT molecular complexity index is 1230. The van der Waals surface area contributed by atoms with Crippen molar-refractivity contribution in [3.05, 3.63) is 75.4 Å². The molecule has 0 unspecified atom stereocenters. The maximum Gasteiger partial charge on any atom is 0.229 e. The summed E-state index contributed by atoms with van der Waals surface area (Å²) in [5.74, 6) is -0.166. The predicted octanol–water partition coefficient (Wildman–Crippen LogP) is 2.64. The summed E-state index contributed by atoms with van der Waals surface area (Å²) < 4.78 is 5.83. The van der Waals surface area contributed by atoms with E-state index in [2.05, 4.69) is 17.4 Å². The Morgan fingerprint density at radius 1 is 0.900 bits per heavy atom. The van der Waals surface area contributed by atoms with Crippen LogP contribution in [-0.2, 0) is 16.0 Å². The van der Waals surface area contributed by atoms with Crippen molar-refractivity contribution in [2.24, 2.45) is 5.41 Å². The third-order valence-electron chi connectivity index (χ3n) is 7.80. The lowest BCUT2D eigenvalue weighted by atomic mass is 9.86. The third-order valence-corrected chi connectivity index (χ3v) is 7.80. The van der Waals surface area contributed by atoms with Gasteiger partial charge in [0, 0.05) is 0 Å². The zero-order chi connectivity index (χ0) is 30.0. The van der Waals surface area contributed by atoms with E-state index in [0.29, 0.717) is 12.0 Å². The number of aliphatic hydroxyl groups excluding tert-OH is 5. The molecule has 0 aliphatic carbocycles. The second kappa shape index (κ2) is 12.5. The number of aliphatic hydroxyl groups is 5. The SMILES string of the molecule is Cc1cc(/C=C/C(C)(C)C(=O)NC(C)(C)CO)ccc1Cc1cc([C@@H]2O[C@H](CO)[C@@H](O)[C@H](O)[C@H]2O)c(C)cc1C. The first-order valence-corrected chi connectivity index (χ1v) is 13.7. The smallest absolute Gasteiger partial charge is 0.229 e. The molecule has 1 fully saturated rings. The van der Waals surface area contributed by atoms with Crippen LogP contribution in [0.4, 0.5) is 0 Å². The van der Waals surface area contributed by atoms with Crippen molar-refractivity contribution in [3.8, 4) is 0 Å². The molecular weight excluding hydrogens is 510 g/mol. The minimum Gasteiger partial charge on any atom is -0.394 e. The molecule has 220 valence electrons. The number of benzene rings is 2. The van der Waals surface area contributed by atoms with Crippen LogP contribution >= 0.6 is 0 Å². The molecule has 1 heterocycles. The zero-order valence-corrected chi connectivity index (χ0v) is 24.6. The molecule has 40 heavy (non-hydrogen) atoms. The van der Waals surface area contributed by atoms with Gasteiger partial charge in [-0.15, -0.1) is 0 Å². The maximum absolute atomic E-state index is 12.7. The molecule has 1 amide bonds. The van der Waals surface area contributed by atoms with Gasteiger partial charge in [0.05, 0.1) is 24.2 Å². The number of ether oxygens (including phenoxy) is 1. The number of rotatable bonds is 9. The van der Waals surface area contributed by atoms with E-state index in [-0.39, 0.29) is 12.5 Å². The Kier molecular flexibility index (Phi) is 9.99. The van der Waals surface area contributed by atoms with Gasteiger partial charge in [-0.3, -0.25) is 4.79 Å². The van der Waals surface area contributed by atoms with E-state index in [1.54, 1.807) is 13.8 Å². The summed E-state index contributed by atoms with van der Waals surface area (Å²) in [6.07, 6.45) is -1.58. The van der Waals surface area contributed by atoms with Gasteiger partial charge in [-0.05, 0) is 93.8 Å². The van der Waals surface area contributed by atoms with Crippen molar-refractivity contribution >= 4 is 12.0 Å². The van der Waals surface area contributed by atoms with Crippen LogP contribution < -0.4 is 5.32 Å². The normalized spacial score (nSPS) is 23.9. The van der Waals surface area contributed by atoms with E-state index in [4.69, 9.17) is 4.74 Å². The van der Waals surface area contributed by atoms with Crippen LogP contribution in [0.2, 0.25) is 0 Å². The lowest BCUT2D eigenvalue weighted by Crippen LogP contribution is -2.55. The monoisotopic (exact) mass is 555 g/mol. The molecule has 6 N–H and O–H groups in total. The molecule has 0 aromatic heterocycles. The van der Waals surface area contributed by atoms with Crippen LogP contribution in [0.15, 0.2) is 36.4 Å². The molecule has 2 aromatic rings. The summed E-state index contributed by atoms with van der Waals surface area (Å²) in [4.78, 5) is 12.7. The topological polar surface area (TPSA) is 139 Å². The molecule has 1 aliphatic heterocycles. The van der Waals surface area contributed by atoms with Crippen molar-refractivity contribution in [2.75, 3.05) is 13.2 Å². The number of carbonyl (C=O) groups is 1. The van der Waals surface area contributed by atoms with Gasteiger partial charge in [-0.2, -0.15) is 0 Å². The zero-order valence-electron chi connectivity index (χ0n) is 24.6. The Hall–Kier alpha value is -2.59. The van der Waals surface area contributed by atoms with Gasteiger partial charge in [0.1, 0.15) is 30.5 Å². The van der Waals surface area contributed by atoms with Crippen molar-refractivity contribution in [1.29, 1.82) is 0 Å². The first-order valence-electron chi connectivity index (χ1n) is 13.7. The summed E-state index contributed by atoms with van der Waals surface area (Å²) in [5, 5.41) is 53.1. The van der Waals surface area contributed by atoms with Crippen LogP contribution in [0.25, 0.3) is 6.08 Å². The number of amides is 1. The van der Waals surface area contributed by atoms with E-state index in [1.165, 1.54) is 0 Å². The predicted molar refractivity (Wildman–Crippen MR) is 155 cm³/mol. The average molecular weight is 556 g/mol. The Labute approximate surface area is 237 Å². The van der Waals surface area contributed by atoms with Crippen molar-refractivity contribution in [3.63, 3.8) is 0 Å². The van der Waals surface area contributed by atoms with Crippen molar-refractivity contribution in [2.45, 2.75) is 90.9 Å². The lowest BCUT2D eigenvalue weighted by Gasteiger charge is -2.40. The van der Waals surface area contributed by atoms with Crippen molar-refractivity contribution in [1.82, 2.24) is 5.32 Å². The minimum atomic E-state index is -1.43. The fraction of sp³-hybridized carbons (Fsp3) is 0.531. The van der Waals surface area contributed by atoms with Gasteiger partial charge in [-0.1, -0.05) is 42.5 Å². The van der Waals surface area contributed by atoms with E-state index in [0.717, 1.165) is 33.4 Å². The third kappa shape index (κ3) is 7.18. The van der Waals surface area contributed by atoms with E-state index in [9.17, 15) is 30.3 Å². The largest absolute Gasteiger partial charge is 0.394 e. The number of aryl methyl sites for hydroxylation is 3. The number of hydrogen-bond acceptors (Lipinski definition) is 7.